The van der Waals surface area contributed by atoms with Gasteiger partial charge in [-0.2, -0.15) is 5.10 Å². The molecule has 0 unspecified atom stereocenters. The van der Waals surface area contributed by atoms with Gasteiger partial charge in [0.05, 0.1) is 0 Å². The number of amides is 1. The Kier molecular flexibility index (Phi) is 4.18. The van der Waals surface area contributed by atoms with E-state index in [0.29, 0.717) is 12.2 Å². The van der Waals surface area contributed by atoms with E-state index in [1.807, 2.05) is 11.0 Å². The van der Waals surface area contributed by atoms with Crippen LogP contribution in [0.1, 0.15) is 32.9 Å². The average Bonchev–Trinajstić information content (AvgIpc) is 2.98. The molecule has 22 heavy (non-hydrogen) atoms. The van der Waals surface area contributed by atoms with Gasteiger partial charge in [0.15, 0.2) is 5.69 Å². The van der Waals surface area contributed by atoms with Crippen molar-refractivity contribution in [1.29, 1.82) is 0 Å². The van der Waals surface area contributed by atoms with E-state index in [0.717, 1.165) is 43.7 Å². The van der Waals surface area contributed by atoms with Crippen molar-refractivity contribution < 1.29 is 4.79 Å². The molecule has 0 atom stereocenters. The number of fused-ring (bicyclic) bond motifs is 2. The van der Waals surface area contributed by atoms with E-state index in [9.17, 15) is 4.79 Å². The van der Waals surface area contributed by atoms with Crippen molar-refractivity contribution in [3.63, 3.8) is 0 Å². The zero-order valence-electron chi connectivity index (χ0n) is 12.3. The second kappa shape index (κ2) is 6.10. The fourth-order valence-electron chi connectivity index (χ4n) is 3.22. The summed E-state index contributed by atoms with van der Waals surface area (Å²) in [5.74, 6) is 0.0469. The van der Waals surface area contributed by atoms with Crippen LogP contribution in [0.4, 0.5) is 0 Å². The molecule has 1 amide bonds. The maximum absolute atomic E-state index is 12.8. The number of carbonyl (C=O) groups is 1. The van der Waals surface area contributed by atoms with Crippen LogP contribution in [-0.4, -0.2) is 34.1 Å². The first-order valence-corrected chi connectivity index (χ1v) is 7.46. The zero-order valence-corrected chi connectivity index (χ0v) is 13.1. The van der Waals surface area contributed by atoms with Crippen molar-refractivity contribution in [1.82, 2.24) is 20.4 Å². The molecule has 0 saturated heterocycles. The third-order valence-corrected chi connectivity index (χ3v) is 4.43. The van der Waals surface area contributed by atoms with Gasteiger partial charge in [-0.1, -0.05) is 24.3 Å². The fraction of sp³-hybridized carbons (Fsp3) is 0.375. The highest BCUT2D eigenvalue weighted by Gasteiger charge is 2.27. The van der Waals surface area contributed by atoms with E-state index in [4.69, 9.17) is 0 Å². The number of H-pyrrole nitrogens is 1. The molecule has 6 heteroatoms. The number of benzene rings is 1. The number of rotatable bonds is 1. The molecule has 0 aliphatic carbocycles. The van der Waals surface area contributed by atoms with Gasteiger partial charge in [-0.05, 0) is 17.5 Å². The molecule has 2 aromatic rings. The predicted octanol–water partition coefficient (Wildman–Crippen LogP) is 1.68. The molecule has 116 valence electrons. The highest BCUT2D eigenvalue weighted by molar-refractivity contribution is 5.94. The number of hydrogen-bond donors (Lipinski definition) is 2. The van der Waals surface area contributed by atoms with E-state index in [-0.39, 0.29) is 18.3 Å². The topological polar surface area (TPSA) is 61.0 Å². The minimum Gasteiger partial charge on any atom is -0.333 e. The Labute approximate surface area is 135 Å². The SMILES string of the molecule is Cl.O=C(c1n[nH]c2c1CNCC2)N1CCc2ccccc2C1. The molecule has 0 fully saturated rings. The van der Waals surface area contributed by atoms with E-state index < -0.39 is 0 Å². The predicted molar refractivity (Wildman–Crippen MR) is 86.1 cm³/mol. The van der Waals surface area contributed by atoms with Crippen LogP contribution in [0.2, 0.25) is 0 Å². The van der Waals surface area contributed by atoms with Crippen LogP contribution in [0.3, 0.4) is 0 Å². The summed E-state index contributed by atoms with van der Waals surface area (Å²) in [4.78, 5) is 14.7. The molecule has 0 spiro atoms. The molecule has 2 N–H and O–H groups in total. The molecule has 0 saturated carbocycles. The summed E-state index contributed by atoms with van der Waals surface area (Å²) >= 11 is 0. The zero-order chi connectivity index (χ0) is 14.2. The molecule has 0 bridgehead atoms. The lowest BCUT2D eigenvalue weighted by molar-refractivity contribution is 0.0727. The lowest BCUT2D eigenvalue weighted by Crippen LogP contribution is -2.37. The number of aromatic nitrogens is 2. The van der Waals surface area contributed by atoms with Gasteiger partial charge in [-0.25, -0.2) is 0 Å². The molecular formula is C16H19ClN4O. The largest absolute Gasteiger partial charge is 0.333 e. The average molecular weight is 319 g/mol. The van der Waals surface area contributed by atoms with Gasteiger partial charge in [-0.3, -0.25) is 9.89 Å². The first kappa shape index (κ1) is 15.1. The molecule has 1 aromatic carbocycles. The van der Waals surface area contributed by atoms with E-state index in [1.54, 1.807) is 0 Å². The van der Waals surface area contributed by atoms with E-state index in [1.165, 1.54) is 11.1 Å². The number of aromatic amines is 1. The second-order valence-corrected chi connectivity index (χ2v) is 5.70. The number of carbonyl (C=O) groups excluding carboxylic acids is 1. The summed E-state index contributed by atoms with van der Waals surface area (Å²) in [5, 5.41) is 10.6. The molecule has 5 nitrogen and oxygen atoms in total. The third-order valence-electron chi connectivity index (χ3n) is 4.43. The lowest BCUT2D eigenvalue weighted by Gasteiger charge is -2.28. The maximum Gasteiger partial charge on any atom is 0.275 e. The number of nitrogens with zero attached hydrogens (tertiary/aromatic N) is 2. The van der Waals surface area contributed by atoms with Crippen molar-refractivity contribution in [2.75, 3.05) is 13.1 Å². The van der Waals surface area contributed by atoms with Crippen LogP contribution in [0.5, 0.6) is 0 Å². The van der Waals surface area contributed by atoms with Gasteiger partial charge in [-0.15, -0.1) is 12.4 Å². The molecule has 2 aliphatic heterocycles. The summed E-state index contributed by atoms with van der Waals surface area (Å²) in [7, 11) is 0. The Balaban J connectivity index is 0.00000144. The smallest absolute Gasteiger partial charge is 0.275 e. The van der Waals surface area contributed by atoms with Crippen LogP contribution < -0.4 is 5.32 Å². The van der Waals surface area contributed by atoms with Gasteiger partial charge in [0, 0.05) is 43.9 Å². The number of hydrogen-bond acceptors (Lipinski definition) is 3. The van der Waals surface area contributed by atoms with Crippen molar-refractivity contribution in [2.24, 2.45) is 0 Å². The van der Waals surface area contributed by atoms with Crippen LogP contribution >= 0.6 is 12.4 Å². The Bertz CT molecular complexity index is 697. The first-order chi connectivity index (χ1) is 10.3. The Morgan fingerprint density at radius 2 is 2.00 bits per heavy atom. The minimum absolute atomic E-state index is 0. The van der Waals surface area contributed by atoms with Crippen LogP contribution in [0, 0.1) is 0 Å². The summed E-state index contributed by atoms with van der Waals surface area (Å²) in [6.07, 6.45) is 1.84. The Morgan fingerprint density at radius 1 is 1.18 bits per heavy atom. The number of nitrogens with one attached hydrogen (secondary N) is 2. The molecule has 3 heterocycles. The van der Waals surface area contributed by atoms with E-state index in [2.05, 4.69) is 33.7 Å². The first-order valence-electron chi connectivity index (χ1n) is 7.46. The summed E-state index contributed by atoms with van der Waals surface area (Å²) in [5.41, 5.74) is 5.35. The molecule has 4 rings (SSSR count). The number of halogens is 1. The van der Waals surface area contributed by atoms with Gasteiger partial charge < -0.3 is 10.2 Å². The summed E-state index contributed by atoms with van der Waals surface area (Å²) < 4.78 is 0. The molecule has 2 aliphatic rings. The molecule has 1 aromatic heterocycles. The normalized spacial score (nSPS) is 16.5. The summed E-state index contributed by atoms with van der Waals surface area (Å²) in [6.45, 7) is 3.13. The molecule has 0 radical (unpaired) electrons. The van der Waals surface area contributed by atoms with Gasteiger partial charge in [0.1, 0.15) is 0 Å². The molecular weight excluding hydrogens is 300 g/mol. The van der Waals surface area contributed by atoms with Crippen molar-refractivity contribution in [2.45, 2.75) is 25.9 Å². The minimum atomic E-state index is 0. The second-order valence-electron chi connectivity index (χ2n) is 5.70. The van der Waals surface area contributed by atoms with Crippen LogP contribution in [0.15, 0.2) is 24.3 Å². The standard InChI is InChI=1S/C16H18N4O.ClH/c21-16(15-13-9-17-7-5-14(13)18-19-15)20-8-6-11-3-1-2-4-12(11)10-20;/h1-4,17H,5-10H2,(H,18,19);1H. The fourth-order valence-corrected chi connectivity index (χ4v) is 3.22. The van der Waals surface area contributed by atoms with Crippen molar-refractivity contribution in [3.8, 4) is 0 Å². The highest BCUT2D eigenvalue weighted by atomic mass is 35.5. The van der Waals surface area contributed by atoms with Crippen LogP contribution in [0.25, 0.3) is 0 Å². The third kappa shape index (κ3) is 2.51. The quantitative estimate of drug-likeness (QED) is 0.841. The Morgan fingerprint density at radius 3 is 2.86 bits per heavy atom. The Hall–Kier alpha value is -1.85. The maximum atomic E-state index is 12.8. The van der Waals surface area contributed by atoms with Gasteiger partial charge >= 0.3 is 0 Å². The lowest BCUT2D eigenvalue weighted by atomic mass is 9.99. The van der Waals surface area contributed by atoms with Crippen molar-refractivity contribution >= 4 is 18.3 Å². The monoisotopic (exact) mass is 318 g/mol. The van der Waals surface area contributed by atoms with Crippen LogP contribution in [-0.2, 0) is 25.9 Å². The summed E-state index contributed by atoms with van der Waals surface area (Å²) in [6, 6.07) is 8.35. The van der Waals surface area contributed by atoms with E-state index >= 15 is 0 Å². The van der Waals surface area contributed by atoms with Crippen molar-refractivity contribution in [3.05, 3.63) is 52.3 Å². The highest BCUT2D eigenvalue weighted by Crippen LogP contribution is 2.22. The van der Waals surface area contributed by atoms with Gasteiger partial charge in [0.2, 0.25) is 0 Å². The van der Waals surface area contributed by atoms with Gasteiger partial charge in [0.25, 0.3) is 5.91 Å².